The molecule has 0 saturated carbocycles. The van der Waals surface area contributed by atoms with E-state index in [4.69, 9.17) is 15.2 Å². The predicted octanol–water partition coefficient (Wildman–Crippen LogP) is 1.22. The lowest BCUT2D eigenvalue weighted by Gasteiger charge is -2.30. The van der Waals surface area contributed by atoms with Crippen LogP contribution in [0.25, 0.3) is 0 Å². The van der Waals surface area contributed by atoms with E-state index in [-0.39, 0.29) is 6.61 Å². The average Bonchev–Trinajstić information content (AvgIpc) is 2.43. The van der Waals surface area contributed by atoms with Crippen LogP contribution >= 0.6 is 0 Å². The third-order valence-corrected chi connectivity index (χ3v) is 3.08. The number of rotatable bonds is 9. The highest BCUT2D eigenvalue weighted by Crippen LogP contribution is 2.05. The van der Waals surface area contributed by atoms with Gasteiger partial charge in [0.2, 0.25) is 0 Å². The molecule has 0 radical (unpaired) electrons. The zero-order chi connectivity index (χ0) is 18.2. The minimum absolute atomic E-state index is 0.149. The average molecular weight is 339 g/mol. The van der Waals surface area contributed by atoms with Crippen LogP contribution in [0.15, 0.2) is 30.3 Å². The van der Waals surface area contributed by atoms with Crippen LogP contribution in [-0.4, -0.2) is 66.7 Å². The van der Waals surface area contributed by atoms with Crippen molar-refractivity contribution in [2.24, 2.45) is 5.73 Å². The van der Waals surface area contributed by atoms with E-state index in [1.165, 1.54) is 0 Å². The number of aliphatic hydroxyl groups is 1. The summed E-state index contributed by atoms with van der Waals surface area (Å²) in [4.78, 5) is 15.5. The third-order valence-electron chi connectivity index (χ3n) is 3.08. The maximum atomic E-state index is 11.6. The van der Waals surface area contributed by atoms with E-state index >= 15 is 0 Å². The summed E-state index contributed by atoms with van der Waals surface area (Å²) in [5, 5.41) is 9.78. The Balaban J connectivity index is 2.26. The second-order valence-electron chi connectivity index (χ2n) is 6.69. The van der Waals surface area contributed by atoms with Gasteiger partial charge in [-0.25, -0.2) is 4.79 Å². The fraction of sp³-hybridized carbons (Fsp3) is 0.588. The van der Waals surface area contributed by atoms with Crippen LogP contribution in [-0.2, 0) is 16.1 Å². The van der Waals surface area contributed by atoms with Gasteiger partial charge in [-0.2, -0.15) is 0 Å². The number of hydrogen-bond acceptors (Lipinski definition) is 7. The van der Waals surface area contributed by atoms with E-state index in [1.807, 2.05) is 54.2 Å². The number of likely N-dealkylation sites (N-methyl/N-ethyl adjacent to an activating group) is 2. The Labute approximate surface area is 143 Å². The molecule has 0 heterocycles. The lowest BCUT2D eigenvalue weighted by atomic mass is 10.1. The fourth-order valence-electron chi connectivity index (χ4n) is 2.40. The standard InChI is InChI=1S/C17H29N3O4/c1-17(2,22)12-20(4)13-19(3)10-15(18)24-16(21)23-11-14-8-6-5-7-9-14/h5-9,15,22H,10-13,18H2,1-4H3. The first-order valence-electron chi connectivity index (χ1n) is 7.88. The molecule has 0 bridgehead atoms. The van der Waals surface area contributed by atoms with Crippen molar-refractivity contribution < 1.29 is 19.4 Å². The normalized spacial score (nSPS) is 13.2. The molecular weight excluding hydrogens is 310 g/mol. The quantitative estimate of drug-likeness (QED) is 0.516. The highest BCUT2D eigenvalue weighted by Gasteiger charge is 2.18. The van der Waals surface area contributed by atoms with Crippen LogP contribution in [0.4, 0.5) is 4.79 Å². The predicted molar refractivity (Wildman–Crippen MR) is 92.1 cm³/mol. The Morgan fingerprint density at radius 2 is 1.88 bits per heavy atom. The van der Waals surface area contributed by atoms with Crippen LogP contribution in [0.5, 0.6) is 0 Å². The monoisotopic (exact) mass is 339 g/mol. The number of ether oxygens (including phenoxy) is 2. The molecule has 24 heavy (non-hydrogen) atoms. The molecule has 0 spiro atoms. The molecule has 0 aliphatic carbocycles. The van der Waals surface area contributed by atoms with Gasteiger partial charge < -0.3 is 14.6 Å². The molecule has 0 fully saturated rings. The van der Waals surface area contributed by atoms with Crippen molar-refractivity contribution in [2.45, 2.75) is 32.3 Å². The molecule has 1 aromatic carbocycles. The van der Waals surface area contributed by atoms with Gasteiger partial charge in [0, 0.05) is 6.54 Å². The highest BCUT2D eigenvalue weighted by atomic mass is 16.7. The number of nitrogens with zero attached hydrogens (tertiary/aromatic N) is 2. The van der Waals surface area contributed by atoms with Gasteiger partial charge in [-0.3, -0.25) is 15.5 Å². The summed E-state index contributed by atoms with van der Waals surface area (Å²) < 4.78 is 10.1. The topological polar surface area (TPSA) is 88.3 Å². The van der Waals surface area contributed by atoms with Crippen molar-refractivity contribution in [1.82, 2.24) is 9.80 Å². The van der Waals surface area contributed by atoms with Crippen LogP contribution < -0.4 is 5.73 Å². The van der Waals surface area contributed by atoms with Gasteiger partial charge in [-0.1, -0.05) is 30.3 Å². The van der Waals surface area contributed by atoms with Gasteiger partial charge in [0.15, 0.2) is 6.23 Å². The van der Waals surface area contributed by atoms with Crippen molar-refractivity contribution in [3.05, 3.63) is 35.9 Å². The van der Waals surface area contributed by atoms with E-state index in [0.717, 1.165) is 5.56 Å². The van der Waals surface area contributed by atoms with E-state index < -0.39 is 18.0 Å². The number of hydrogen-bond donors (Lipinski definition) is 2. The SMILES string of the molecule is CN(CC(N)OC(=O)OCc1ccccc1)CN(C)CC(C)(C)O. The van der Waals surface area contributed by atoms with Gasteiger partial charge in [-0.15, -0.1) is 0 Å². The maximum absolute atomic E-state index is 11.6. The number of nitrogens with two attached hydrogens (primary N) is 1. The van der Waals surface area contributed by atoms with Crippen molar-refractivity contribution in [1.29, 1.82) is 0 Å². The molecule has 1 atom stereocenters. The minimum Gasteiger partial charge on any atom is -0.429 e. The molecule has 1 aromatic rings. The Hall–Kier alpha value is -1.67. The summed E-state index contributed by atoms with van der Waals surface area (Å²) in [7, 11) is 3.76. The maximum Gasteiger partial charge on any atom is 0.510 e. The van der Waals surface area contributed by atoms with E-state index in [9.17, 15) is 9.90 Å². The lowest BCUT2D eigenvalue weighted by Crippen LogP contribution is -2.45. The Bertz CT molecular complexity index is 490. The molecule has 0 aliphatic heterocycles. The van der Waals surface area contributed by atoms with Gasteiger partial charge in [0.25, 0.3) is 0 Å². The fourth-order valence-corrected chi connectivity index (χ4v) is 2.40. The highest BCUT2D eigenvalue weighted by molar-refractivity contribution is 5.60. The molecule has 3 N–H and O–H groups in total. The van der Waals surface area contributed by atoms with E-state index in [1.54, 1.807) is 13.8 Å². The zero-order valence-corrected chi connectivity index (χ0v) is 14.9. The second kappa shape index (κ2) is 9.58. The zero-order valence-electron chi connectivity index (χ0n) is 14.9. The Kier molecular flexibility index (Phi) is 8.14. The summed E-state index contributed by atoms with van der Waals surface area (Å²) in [6.45, 7) is 5.11. The molecule has 1 unspecified atom stereocenters. The van der Waals surface area contributed by atoms with E-state index in [0.29, 0.717) is 19.8 Å². The molecule has 7 heteroatoms. The van der Waals surface area contributed by atoms with Crippen LogP contribution in [0.2, 0.25) is 0 Å². The summed E-state index contributed by atoms with van der Waals surface area (Å²) in [6.07, 6.45) is -1.57. The first kappa shape index (κ1) is 20.4. The summed E-state index contributed by atoms with van der Waals surface area (Å²) in [5.74, 6) is 0. The Morgan fingerprint density at radius 1 is 1.25 bits per heavy atom. The van der Waals surface area contributed by atoms with Gasteiger partial charge in [0.05, 0.1) is 18.8 Å². The minimum atomic E-state index is -0.787. The number of carbonyl (C=O) groups is 1. The summed E-state index contributed by atoms with van der Waals surface area (Å²) >= 11 is 0. The molecule has 0 amide bonds. The second-order valence-corrected chi connectivity index (χ2v) is 6.69. The van der Waals surface area contributed by atoms with Crippen LogP contribution in [0, 0.1) is 0 Å². The largest absolute Gasteiger partial charge is 0.510 e. The molecule has 7 nitrogen and oxygen atoms in total. The Morgan fingerprint density at radius 3 is 2.46 bits per heavy atom. The lowest BCUT2D eigenvalue weighted by molar-refractivity contribution is -0.000804. The van der Waals surface area contributed by atoms with Crippen LogP contribution in [0.3, 0.4) is 0 Å². The first-order chi connectivity index (χ1) is 11.2. The van der Waals surface area contributed by atoms with Crippen molar-refractivity contribution in [3.63, 3.8) is 0 Å². The third kappa shape index (κ3) is 9.46. The first-order valence-corrected chi connectivity index (χ1v) is 7.88. The molecule has 136 valence electrons. The molecule has 1 rings (SSSR count). The van der Waals surface area contributed by atoms with Gasteiger partial charge in [0.1, 0.15) is 6.61 Å². The van der Waals surface area contributed by atoms with Gasteiger partial charge >= 0.3 is 6.16 Å². The van der Waals surface area contributed by atoms with Gasteiger partial charge in [-0.05, 0) is 33.5 Å². The summed E-state index contributed by atoms with van der Waals surface area (Å²) in [6, 6.07) is 9.35. The van der Waals surface area contributed by atoms with E-state index in [2.05, 4.69) is 0 Å². The number of benzene rings is 1. The summed E-state index contributed by atoms with van der Waals surface area (Å²) in [5.41, 5.74) is 5.93. The van der Waals surface area contributed by atoms with Crippen LogP contribution in [0.1, 0.15) is 19.4 Å². The smallest absolute Gasteiger partial charge is 0.429 e. The molecule has 0 aromatic heterocycles. The molecular formula is C17H29N3O4. The van der Waals surface area contributed by atoms with Crippen molar-refractivity contribution >= 4 is 6.16 Å². The molecule has 0 saturated heterocycles. The molecule has 0 aliphatic rings. The van der Waals surface area contributed by atoms with Crippen molar-refractivity contribution in [3.8, 4) is 0 Å². The number of carbonyl (C=O) groups excluding carboxylic acids is 1. The van der Waals surface area contributed by atoms with Crippen molar-refractivity contribution in [2.75, 3.05) is 33.9 Å².